The Hall–Kier alpha value is -2.18. The molecule has 5 rings (SSSR count). The first-order chi connectivity index (χ1) is 13.6. The molecule has 6 heteroatoms. The van der Waals surface area contributed by atoms with Crippen LogP contribution in [0.5, 0.6) is 5.75 Å². The number of benzene rings is 3. The molecule has 3 aromatic carbocycles. The number of hydrogen-bond acceptors (Lipinski definition) is 3. The third kappa shape index (κ3) is 3.05. The molecule has 0 radical (unpaired) electrons. The Bertz CT molecular complexity index is 1070. The van der Waals surface area contributed by atoms with Crippen LogP contribution in [-0.2, 0) is 0 Å². The van der Waals surface area contributed by atoms with Crippen molar-refractivity contribution in [3.63, 3.8) is 0 Å². The summed E-state index contributed by atoms with van der Waals surface area (Å²) < 4.78 is 21.7. The van der Waals surface area contributed by atoms with Crippen molar-refractivity contribution >= 4 is 37.6 Å². The molecular weight excluding hydrogens is 487 g/mol. The van der Waals surface area contributed by atoms with Crippen LogP contribution >= 0.6 is 31.9 Å². The van der Waals surface area contributed by atoms with Crippen molar-refractivity contribution in [2.24, 2.45) is 5.10 Å². The van der Waals surface area contributed by atoms with Gasteiger partial charge in [0.1, 0.15) is 11.6 Å². The summed E-state index contributed by atoms with van der Waals surface area (Å²) in [5.74, 6) is 0.541. The molecule has 0 aromatic heterocycles. The molecule has 2 heterocycles. The maximum absolute atomic E-state index is 13.5. The lowest BCUT2D eigenvalue weighted by molar-refractivity contribution is -0.0197. The van der Waals surface area contributed by atoms with Gasteiger partial charge < -0.3 is 4.74 Å². The van der Waals surface area contributed by atoms with Gasteiger partial charge in [0.2, 0.25) is 6.23 Å². The van der Waals surface area contributed by atoms with E-state index in [1.807, 2.05) is 29.3 Å². The van der Waals surface area contributed by atoms with Gasteiger partial charge in [0.05, 0.1) is 16.2 Å². The van der Waals surface area contributed by atoms with E-state index in [-0.39, 0.29) is 11.9 Å². The number of hydrogen-bond donors (Lipinski definition) is 0. The van der Waals surface area contributed by atoms with Crippen molar-refractivity contribution in [3.05, 3.63) is 98.2 Å². The van der Waals surface area contributed by atoms with Crippen LogP contribution in [0.15, 0.2) is 80.8 Å². The molecule has 2 atom stereocenters. The number of nitrogens with zero attached hydrogens (tertiary/aromatic N) is 2. The van der Waals surface area contributed by atoms with Gasteiger partial charge in [-0.15, -0.1) is 0 Å². The van der Waals surface area contributed by atoms with Crippen LogP contribution in [0.4, 0.5) is 4.39 Å². The third-order valence-corrected chi connectivity index (χ3v) is 6.12. The molecule has 0 saturated heterocycles. The number of ether oxygens (including phenoxy) is 1. The van der Waals surface area contributed by atoms with Crippen LogP contribution in [0.2, 0.25) is 0 Å². The minimum atomic E-state index is -0.420. The van der Waals surface area contributed by atoms with Gasteiger partial charge in [-0.2, -0.15) is 5.10 Å². The standard InChI is InChI=1S/C22H15Br2FN2O/c23-15-10-17-20-12-19(13-4-2-1-3-5-13)26-27(20)22(28-21(17)18(24)11-15)14-6-8-16(25)9-7-14/h1-11,20,22H,12H2. The largest absolute Gasteiger partial charge is 0.463 e. The van der Waals surface area contributed by atoms with E-state index in [0.717, 1.165) is 43.5 Å². The van der Waals surface area contributed by atoms with Gasteiger partial charge in [-0.25, -0.2) is 9.40 Å². The lowest BCUT2D eigenvalue weighted by Gasteiger charge is -2.38. The first-order valence-electron chi connectivity index (χ1n) is 8.92. The van der Waals surface area contributed by atoms with Crippen molar-refractivity contribution in [1.29, 1.82) is 0 Å². The molecular formula is C22H15Br2FN2O. The predicted molar refractivity (Wildman–Crippen MR) is 114 cm³/mol. The molecule has 0 fully saturated rings. The van der Waals surface area contributed by atoms with Gasteiger partial charge in [-0.05, 0) is 45.8 Å². The second kappa shape index (κ2) is 7.01. The monoisotopic (exact) mass is 500 g/mol. The Labute approximate surface area is 179 Å². The van der Waals surface area contributed by atoms with Crippen LogP contribution in [0, 0.1) is 5.82 Å². The molecule has 0 saturated carbocycles. The quantitative estimate of drug-likeness (QED) is 0.395. The molecule has 0 aliphatic carbocycles. The minimum Gasteiger partial charge on any atom is -0.463 e. The van der Waals surface area contributed by atoms with E-state index in [4.69, 9.17) is 9.84 Å². The zero-order chi connectivity index (χ0) is 19.3. The Morgan fingerprint density at radius 2 is 1.75 bits per heavy atom. The summed E-state index contributed by atoms with van der Waals surface area (Å²) in [5.41, 5.74) is 4.06. The molecule has 0 bridgehead atoms. The van der Waals surface area contributed by atoms with Gasteiger partial charge in [0.25, 0.3) is 0 Å². The smallest absolute Gasteiger partial charge is 0.213 e. The van der Waals surface area contributed by atoms with Crippen LogP contribution in [0.1, 0.15) is 35.4 Å². The summed E-state index contributed by atoms with van der Waals surface area (Å²) >= 11 is 7.21. The second-order valence-electron chi connectivity index (χ2n) is 6.84. The number of rotatable bonds is 2. The highest BCUT2D eigenvalue weighted by Crippen LogP contribution is 2.50. The highest BCUT2D eigenvalue weighted by molar-refractivity contribution is 9.11. The van der Waals surface area contributed by atoms with Crippen LogP contribution < -0.4 is 4.74 Å². The van der Waals surface area contributed by atoms with Crippen LogP contribution in [0.25, 0.3) is 0 Å². The highest BCUT2D eigenvalue weighted by Gasteiger charge is 2.41. The number of halogens is 3. The minimum absolute atomic E-state index is 0.0443. The van der Waals surface area contributed by atoms with E-state index in [9.17, 15) is 4.39 Å². The van der Waals surface area contributed by atoms with Crippen molar-refractivity contribution in [3.8, 4) is 5.75 Å². The predicted octanol–water partition coefficient (Wildman–Crippen LogP) is 6.59. The molecule has 28 heavy (non-hydrogen) atoms. The first-order valence-corrected chi connectivity index (χ1v) is 10.5. The topological polar surface area (TPSA) is 24.8 Å². The van der Waals surface area contributed by atoms with Gasteiger partial charge in [-0.3, -0.25) is 0 Å². The highest BCUT2D eigenvalue weighted by atomic mass is 79.9. The lowest BCUT2D eigenvalue weighted by Crippen LogP contribution is -2.33. The van der Waals surface area contributed by atoms with Crippen LogP contribution in [-0.4, -0.2) is 10.7 Å². The normalized spacial score (nSPS) is 20.2. The molecule has 0 amide bonds. The van der Waals surface area contributed by atoms with E-state index < -0.39 is 6.23 Å². The second-order valence-corrected chi connectivity index (χ2v) is 8.61. The average Bonchev–Trinajstić information content (AvgIpc) is 3.15. The molecule has 2 aliphatic rings. The zero-order valence-electron chi connectivity index (χ0n) is 14.6. The van der Waals surface area contributed by atoms with Gasteiger partial charge in [-0.1, -0.05) is 58.4 Å². The Morgan fingerprint density at radius 3 is 2.50 bits per heavy atom. The summed E-state index contributed by atoms with van der Waals surface area (Å²) in [7, 11) is 0. The Balaban J connectivity index is 1.63. The van der Waals surface area contributed by atoms with Gasteiger partial charge in [0, 0.05) is 22.0 Å². The summed E-state index contributed by atoms with van der Waals surface area (Å²) in [4.78, 5) is 0. The van der Waals surface area contributed by atoms with E-state index in [1.54, 1.807) is 12.1 Å². The maximum Gasteiger partial charge on any atom is 0.213 e. The molecule has 0 N–H and O–H groups in total. The summed E-state index contributed by atoms with van der Waals surface area (Å²) in [6, 6.07) is 20.7. The van der Waals surface area contributed by atoms with E-state index in [0.29, 0.717) is 0 Å². The number of hydrazone groups is 1. The van der Waals surface area contributed by atoms with Crippen molar-refractivity contribution in [2.75, 3.05) is 0 Å². The van der Waals surface area contributed by atoms with Crippen molar-refractivity contribution < 1.29 is 9.13 Å². The Kier molecular flexibility index (Phi) is 4.48. The lowest BCUT2D eigenvalue weighted by atomic mass is 9.96. The fraction of sp³-hybridized carbons (Fsp3) is 0.136. The molecule has 3 aromatic rings. The summed E-state index contributed by atoms with van der Waals surface area (Å²) in [5, 5.41) is 6.92. The zero-order valence-corrected chi connectivity index (χ0v) is 17.8. The Morgan fingerprint density at radius 1 is 1.00 bits per heavy atom. The van der Waals surface area contributed by atoms with E-state index in [1.165, 1.54) is 12.1 Å². The molecule has 0 spiro atoms. The van der Waals surface area contributed by atoms with E-state index in [2.05, 4.69) is 50.1 Å². The number of fused-ring (bicyclic) bond motifs is 3. The van der Waals surface area contributed by atoms with Crippen molar-refractivity contribution in [2.45, 2.75) is 18.7 Å². The van der Waals surface area contributed by atoms with Gasteiger partial charge in [0.15, 0.2) is 0 Å². The molecule has 3 nitrogen and oxygen atoms in total. The third-order valence-electron chi connectivity index (χ3n) is 5.07. The SMILES string of the molecule is Fc1ccc(C2Oc3c(Br)cc(Br)cc3C3CC(c4ccccc4)=NN32)cc1. The van der Waals surface area contributed by atoms with Crippen molar-refractivity contribution in [1.82, 2.24) is 5.01 Å². The molecule has 140 valence electrons. The molecule has 2 unspecified atom stereocenters. The summed E-state index contributed by atoms with van der Waals surface area (Å²) in [6.07, 6.45) is 0.359. The van der Waals surface area contributed by atoms with E-state index >= 15 is 0 Å². The fourth-order valence-corrected chi connectivity index (χ4v) is 5.12. The van der Waals surface area contributed by atoms with Gasteiger partial charge >= 0.3 is 0 Å². The maximum atomic E-state index is 13.5. The summed E-state index contributed by atoms with van der Waals surface area (Å²) in [6.45, 7) is 0. The first kappa shape index (κ1) is 17.9. The molecule has 2 aliphatic heterocycles. The fourth-order valence-electron chi connectivity index (χ4n) is 3.77. The van der Waals surface area contributed by atoms with Crippen LogP contribution in [0.3, 0.4) is 0 Å². The average molecular weight is 502 g/mol.